The standard InChI is InChI=1S/C14H12N2O3S/c1-2-8-6-9(13(15)20-8)12(17)7-3-4-10-11(5-7)19-14(18)16-10/h3-6H,2,15H2,1H3,(H,16,18). The summed E-state index contributed by atoms with van der Waals surface area (Å²) in [5, 5.41) is 0.516. The molecule has 20 heavy (non-hydrogen) atoms. The molecule has 0 radical (unpaired) electrons. The van der Waals surface area contributed by atoms with Gasteiger partial charge in [-0.2, -0.15) is 0 Å². The smallest absolute Gasteiger partial charge is 0.408 e. The fraction of sp³-hybridized carbons (Fsp3) is 0.143. The second-order valence-electron chi connectivity index (χ2n) is 4.40. The molecule has 0 aliphatic heterocycles. The van der Waals surface area contributed by atoms with Gasteiger partial charge in [0.1, 0.15) is 0 Å². The van der Waals surface area contributed by atoms with E-state index >= 15 is 0 Å². The minimum absolute atomic E-state index is 0.163. The van der Waals surface area contributed by atoms with Crippen LogP contribution in [0.5, 0.6) is 0 Å². The van der Waals surface area contributed by atoms with Gasteiger partial charge in [-0.25, -0.2) is 4.79 Å². The number of carbonyl (C=O) groups is 1. The van der Waals surface area contributed by atoms with Gasteiger partial charge in [-0.1, -0.05) is 6.92 Å². The number of H-pyrrole nitrogens is 1. The van der Waals surface area contributed by atoms with Crippen LogP contribution in [-0.4, -0.2) is 10.8 Å². The highest BCUT2D eigenvalue weighted by Gasteiger charge is 2.16. The third-order valence-corrected chi connectivity index (χ3v) is 4.20. The largest absolute Gasteiger partial charge is 0.417 e. The van der Waals surface area contributed by atoms with Crippen LogP contribution in [0.3, 0.4) is 0 Å². The normalized spacial score (nSPS) is 11.1. The topological polar surface area (TPSA) is 89.1 Å². The van der Waals surface area contributed by atoms with Crippen molar-refractivity contribution in [2.45, 2.75) is 13.3 Å². The minimum atomic E-state index is -0.534. The number of anilines is 1. The van der Waals surface area contributed by atoms with E-state index in [9.17, 15) is 9.59 Å². The Morgan fingerprint density at radius 2 is 2.20 bits per heavy atom. The van der Waals surface area contributed by atoms with Crippen molar-refractivity contribution in [3.63, 3.8) is 0 Å². The minimum Gasteiger partial charge on any atom is -0.408 e. The number of benzene rings is 1. The molecule has 0 saturated carbocycles. The third kappa shape index (κ3) is 2.04. The summed E-state index contributed by atoms with van der Waals surface area (Å²) in [6.45, 7) is 2.01. The van der Waals surface area contributed by atoms with Gasteiger partial charge in [-0.15, -0.1) is 11.3 Å². The van der Waals surface area contributed by atoms with Gasteiger partial charge in [-0.3, -0.25) is 9.78 Å². The molecule has 3 N–H and O–H groups in total. The second-order valence-corrected chi connectivity index (χ2v) is 5.57. The Bertz CT molecular complexity index is 857. The summed E-state index contributed by atoms with van der Waals surface area (Å²) in [5.41, 5.74) is 7.78. The van der Waals surface area contributed by atoms with Gasteiger partial charge in [-0.05, 0) is 30.7 Å². The van der Waals surface area contributed by atoms with Crippen LogP contribution in [0.2, 0.25) is 0 Å². The summed E-state index contributed by atoms with van der Waals surface area (Å²) in [6, 6.07) is 6.67. The molecule has 0 aliphatic rings. The first kappa shape index (κ1) is 12.7. The number of hydrogen-bond acceptors (Lipinski definition) is 5. The number of oxazole rings is 1. The van der Waals surface area contributed by atoms with Crippen LogP contribution in [0.1, 0.15) is 27.7 Å². The van der Waals surface area contributed by atoms with Crippen molar-refractivity contribution < 1.29 is 9.21 Å². The number of aromatic nitrogens is 1. The average Bonchev–Trinajstić information content (AvgIpc) is 2.98. The predicted molar refractivity (Wildman–Crippen MR) is 78.4 cm³/mol. The van der Waals surface area contributed by atoms with Crippen molar-refractivity contribution in [2.75, 3.05) is 5.73 Å². The first-order valence-corrected chi connectivity index (χ1v) is 6.96. The molecule has 0 spiro atoms. The number of ketones is 1. The van der Waals surface area contributed by atoms with Crippen LogP contribution >= 0.6 is 11.3 Å². The summed E-state index contributed by atoms with van der Waals surface area (Å²) in [7, 11) is 0. The van der Waals surface area contributed by atoms with E-state index in [2.05, 4.69) is 4.98 Å². The molecule has 0 fully saturated rings. The van der Waals surface area contributed by atoms with Gasteiger partial charge < -0.3 is 10.2 Å². The highest BCUT2D eigenvalue weighted by atomic mass is 32.1. The van der Waals surface area contributed by atoms with Crippen molar-refractivity contribution in [1.29, 1.82) is 0 Å². The van der Waals surface area contributed by atoms with E-state index in [-0.39, 0.29) is 5.78 Å². The summed E-state index contributed by atoms with van der Waals surface area (Å²) in [5.74, 6) is -0.697. The Balaban J connectivity index is 2.06. The maximum atomic E-state index is 12.4. The fourth-order valence-corrected chi connectivity index (χ4v) is 2.92. The molecule has 0 aliphatic carbocycles. The van der Waals surface area contributed by atoms with E-state index in [1.165, 1.54) is 11.3 Å². The molecule has 102 valence electrons. The van der Waals surface area contributed by atoms with Crippen LogP contribution < -0.4 is 11.5 Å². The Hall–Kier alpha value is -2.34. The Kier molecular flexibility index (Phi) is 2.94. The zero-order valence-corrected chi connectivity index (χ0v) is 11.5. The molecule has 0 unspecified atom stereocenters. The second kappa shape index (κ2) is 4.64. The number of nitrogens with two attached hydrogens (primary N) is 1. The van der Waals surface area contributed by atoms with Crippen LogP contribution in [-0.2, 0) is 6.42 Å². The molecule has 0 atom stereocenters. The van der Waals surface area contributed by atoms with Gasteiger partial charge in [0.05, 0.1) is 16.1 Å². The highest BCUT2D eigenvalue weighted by molar-refractivity contribution is 7.16. The summed E-state index contributed by atoms with van der Waals surface area (Å²) >= 11 is 1.42. The molecule has 3 aromatic rings. The maximum Gasteiger partial charge on any atom is 0.417 e. The quantitative estimate of drug-likeness (QED) is 0.725. The van der Waals surface area contributed by atoms with Crippen molar-refractivity contribution in [3.05, 3.63) is 50.8 Å². The summed E-state index contributed by atoms with van der Waals surface area (Å²) in [6.07, 6.45) is 0.841. The average molecular weight is 288 g/mol. The molecule has 0 saturated heterocycles. The number of rotatable bonds is 3. The Morgan fingerprint density at radius 1 is 1.40 bits per heavy atom. The van der Waals surface area contributed by atoms with Crippen molar-refractivity contribution in [3.8, 4) is 0 Å². The number of aryl methyl sites for hydroxylation is 1. The molecular formula is C14H12N2O3S. The third-order valence-electron chi connectivity index (χ3n) is 3.09. The number of nitrogens with one attached hydrogen (secondary N) is 1. The van der Waals surface area contributed by atoms with Crippen molar-refractivity contribution >= 4 is 33.2 Å². The molecule has 6 heteroatoms. The SMILES string of the molecule is CCc1cc(C(=O)c2ccc3[nH]c(=O)oc3c2)c(N)s1. The van der Waals surface area contributed by atoms with E-state index in [1.54, 1.807) is 18.2 Å². The Labute approximate surface area is 118 Å². The number of carbonyl (C=O) groups excluding carboxylic acids is 1. The van der Waals surface area contributed by atoms with E-state index in [0.29, 0.717) is 27.2 Å². The number of fused-ring (bicyclic) bond motifs is 1. The van der Waals surface area contributed by atoms with Gasteiger partial charge in [0.15, 0.2) is 11.4 Å². The molecule has 5 nitrogen and oxygen atoms in total. The molecule has 1 aromatic carbocycles. The molecule has 0 bridgehead atoms. The molecule has 0 amide bonds. The van der Waals surface area contributed by atoms with Crippen LogP contribution in [0.4, 0.5) is 5.00 Å². The van der Waals surface area contributed by atoms with E-state index in [1.807, 2.05) is 13.0 Å². The van der Waals surface area contributed by atoms with E-state index in [0.717, 1.165) is 11.3 Å². The maximum absolute atomic E-state index is 12.4. The zero-order chi connectivity index (χ0) is 14.3. The molecular weight excluding hydrogens is 276 g/mol. The first-order chi connectivity index (χ1) is 9.58. The lowest BCUT2D eigenvalue weighted by Gasteiger charge is -1.99. The van der Waals surface area contributed by atoms with E-state index < -0.39 is 5.76 Å². The van der Waals surface area contributed by atoms with Crippen molar-refractivity contribution in [2.24, 2.45) is 0 Å². The zero-order valence-electron chi connectivity index (χ0n) is 10.7. The number of nitrogen functional groups attached to an aromatic ring is 1. The predicted octanol–water partition coefficient (Wildman–Crippen LogP) is 2.56. The molecule has 3 rings (SSSR count). The summed E-state index contributed by atoms with van der Waals surface area (Å²) < 4.78 is 4.96. The van der Waals surface area contributed by atoms with Crippen LogP contribution in [0, 0.1) is 0 Å². The number of aromatic amines is 1. The van der Waals surface area contributed by atoms with Gasteiger partial charge >= 0.3 is 5.76 Å². The van der Waals surface area contributed by atoms with Gasteiger partial charge in [0.25, 0.3) is 0 Å². The molecule has 2 aromatic heterocycles. The van der Waals surface area contributed by atoms with Gasteiger partial charge in [0, 0.05) is 10.4 Å². The number of hydrogen-bond donors (Lipinski definition) is 2. The van der Waals surface area contributed by atoms with Crippen molar-refractivity contribution in [1.82, 2.24) is 4.98 Å². The van der Waals surface area contributed by atoms with Gasteiger partial charge in [0.2, 0.25) is 0 Å². The fourth-order valence-electron chi connectivity index (χ4n) is 2.05. The van der Waals surface area contributed by atoms with E-state index in [4.69, 9.17) is 10.2 Å². The summed E-state index contributed by atoms with van der Waals surface area (Å²) in [4.78, 5) is 27.2. The monoisotopic (exact) mass is 288 g/mol. The lowest BCUT2D eigenvalue weighted by Crippen LogP contribution is -2.02. The lowest BCUT2D eigenvalue weighted by molar-refractivity contribution is 0.104. The van der Waals surface area contributed by atoms with Crippen LogP contribution in [0.25, 0.3) is 11.1 Å². The lowest BCUT2D eigenvalue weighted by atomic mass is 10.0. The highest BCUT2D eigenvalue weighted by Crippen LogP contribution is 2.28. The Morgan fingerprint density at radius 3 is 2.90 bits per heavy atom. The molecule has 2 heterocycles. The first-order valence-electron chi connectivity index (χ1n) is 6.14. The van der Waals surface area contributed by atoms with Crippen LogP contribution in [0.15, 0.2) is 33.5 Å². The number of thiophene rings is 1.